The van der Waals surface area contributed by atoms with Gasteiger partial charge >= 0.3 is 5.97 Å². The Kier molecular flexibility index (Phi) is 2.59. The molecule has 96 valence electrons. The number of para-hydroxylation sites is 1. The molecule has 5 heteroatoms. The fourth-order valence-electron chi connectivity index (χ4n) is 2.14. The van der Waals surface area contributed by atoms with Gasteiger partial charge in [0.25, 0.3) is 0 Å². The molecule has 0 unspecified atom stereocenters. The molecule has 5 nitrogen and oxygen atoms in total. The number of H-pyrrole nitrogens is 1. The molecular formula is C14H13N3O2. The van der Waals surface area contributed by atoms with E-state index >= 15 is 0 Å². The molecule has 0 saturated heterocycles. The lowest BCUT2D eigenvalue weighted by Crippen LogP contribution is -2.02. The van der Waals surface area contributed by atoms with Crippen LogP contribution in [-0.4, -0.2) is 27.8 Å². The van der Waals surface area contributed by atoms with Crippen LogP contribution in [-0.2, 0) is 11.8 Å². The minimum atomic E-state index is -0.432. The van der Waals surface area contributed by atoms with Crippen molar-refractivity contribution in [2.24, 2.45) is 7.05 Å². The topological polar surface area (TPSA) is 59.9 Å². The third-order valence-corrected chi connectivity index (χ3v) is 3.08. The normalized spacial score (nSPS) is 10.8. The second kappa shape index (κ2) is 4.28. The van der Waals surface area contributed by atoms with Gasteiger partial charge in [-0.1, -0.05) is 18.2 Å². The van der Waals surface area contributed by atoms with E-state index in [1.54, 1.807) is 17.8 Å². The van der Waals surface area contributed by atoms with Crippen LogP contribution in [0.5, 0.6) is 0 Å². The van der Waals surface area contributed by atoms with Gasteiger partial charge in [0.2, 0.25) is 0 Å². The number of benzene rings is 1. The van der Waals surface area contributed by atoms with Crippen LogP contribution in [0, 0.1) is 0 Å². The van der Waals surface area contributed by atoms with Gasteiger partial charge in [0.05, 0.1) is 18.5 Å². The maximum absolute atomic E-state index is 11.5. The lowest BCUT2D eigenvalue weighted by atomic mass is 10.2. The molecule has 19 heavy (non-hydrogen) atoms. The first-order chi connectivity index (χ1) is 9.19. The summed E-state index contributed by atoms with van der Waals surface area (Å²) < 4.78 is 6.34. The van der Waals surface area contributed by atoms with E-state index in [0.29, 0.717) is 5.69 Å². The van der Waals surface area contributed by atoms with Crippen molar-refractivity contribution in [3.8, 4) is 11.4 Å². The molecule has 2 heterocycles. The van der Waals surface area contributed by atoms with E-state index in [4.69, 9.17) is 0 Å². The van der Waals surface area contributed by atoms with Crippen molar-refractivity contribution in [1.82, 2.24) is 14.8 Å². The van der Waals surface area contributed by atoms with Gasteiger partial charge in [-0.3, -0.25) is 4.68 Å². The number of carbonyl (C=O) groups is 1. The molecule has 0 fully saturated rings. The van der Waals surface area contributed by atoms with E-state index < -0.39 is 5.97 Å². The molecule has 3 aromatic rings. The van der Waals surface area contributed by atoms with Gasteiger partial charge in [-0.15, -0.1) is 0 Å². The number of methoxy groups -OCH3 is 1. The van der Waals surface area contributed by atoms with Crippen molar-refractivity contribution in [3.05, 3.63) is 42.1 Å². The number of carbonyl (C=O) groups excluding carboxylic acids is 1. The first-order valence-electron chi connectivity index (χ1n) is 5.89. The number of aryl methyl sites for hydroxylation is 1. The summed E-state index contributed by atoms with van der Waals surface area (Å²) in [5, 5.41) is 5.27. The minimum absolute atomic E-state index is 0.304. The summed E-state index contributed by atoms with van der Waals surface area (Å²) >= 11 is 0. The number of nitrogens with zero attached hydrogens (tertiary/aromatic N) is 2. The SMILES string of the molecule is COC(=O)c1cc(-c2cc3ccccc3[nH]2)n(C)n1. The summed E-state index contributed by atoms with van der Waals surface area (Å²) in [5.41, 5.74) is 3.12. The van der Waals surface area contributed by atoms with E-state index in [-0.39, 0.29) is 0 Å². The Morgan fingerprint density at radius 1 is 1.32 bits per heavy atom. The summed E-state index contributed by atoms with van der Waals surface area (Å²) in [6, 6.07) is 11.8. The van der Waals surface area contributed by atoms with Crippen molar-refractivity contribution in [2.45, 2.75) is 0 Å². The zero-order valence-electron chi connectivity index (χ0n) is 10.7. The standard InChI is InChI=1S/C14H13N3O2/c1-17-13(8-12(16-17)14(18)19-2)11-7-9-5-3-4-6-10(9)15-11/h3-8,15H,1-2H3. The third kappa shape index (κ3) is 1.89. The molecule has 2 aromatic heterocycles. The number of hydrogen-bond donors (Lipinski definition) is 1. The quantitative estimate of drug-likeness (QED) is 0.715. The maximum atomic E-state index is 11.5. The van der Waals surface area contributed by atoms with E-state index in [1.165, 1.54) is 7.11 Å². The molecule has 0 spiro atoms. The molecule has 0 radical (unpaired) electrons. The van der Waals surface area contributed by atoms with Crippen LogP contribution in [0.1, 0.15) is 10.5 Å². The maximum Gasteiger partial charge on any atom is 0.358 e. The number of nitrogens with one attached hydrogen (secondary N) is 1. The Balaban J connectivity index is 2.10. The number of fused-ring (bicyclic) bond motifs is 1. The highest BCUT2D eigenvalue weighted by molar-refractivity contribution is 5.90. The second-order valence-corrected chi connectivity index (χ2v) is 4.30. The van der Waals surface area contributed by atoms with Crippen molar-refractivity contribution >= 4 is 16.9 Å². The number of aromatic nitrogens is 3. The summed E-state index contributed by atoms with van der Waals surface area (Å²) in [6.07, 6.45) is 0. The Bertz CT molecular complexity index is 722. The molecule has 3 rings (SSSR count). The van der Waals surface area contributed by atoms with Crippen LogP contribution in [0.2, 0.25) is 0 Å². The predicted molar refractivity (Wildman–Crippen MR) is 71.8 cm³/mol. The van der Waals surface area contributed by atoms with Crippen LogP contribution in [0.15, 0.2) is 36.4 Å². The van der Waals surface area contributed by atoms with Gasteiger partial charge in [-0.05, 0) is 12.1 Å². The predicted octanol–water partition coefficient (Wildman–Crippen LogP) is 2.35. The van der Waals surface area contributed by atoms with Gasteiger partial charge < -0.3 is 9.72 Å². The van der Waals surface area contributed by atoms with Gasteiger partial charge in [0.1, 0.15) is 0 Å². The Morgan fingerprint density at radius 3 is 2.84 bits per heavy atom. The molecule has 0 amide bonds. The molecule has 0 bridgehead atoms. The molecular weight excluding hydrogens is 242 g/mol. The summed E-state index contributed by atoms with van der Waals surface area (Å²) in [7, 11) is 3.15. The largest absolute Gasteiger partial charge is 0.464 e. The summed E-state index contributed by atoms with van der Waals surface area (Å²) in [6.45, 7) is 0. The van der Waals surface area contributed by atoms with Crippen LogP contribution in [0.25, 0.3) is 22.3 Å². The van der Waals surface area contributed by atoms with Crippen molar-refractivity contribution < 1.29 is 9.53 Å². The molecule has 0 aliphatic carbocycles. The Hall–Kier alpha value is -2.56. The van der Waals surface area contributed by atoms with E-state index in [0.717, 1.165) is 22.3 Å². The van der Waals surface area contributed by atoms with Crippen LogP contribution < -0.4 is 0 Å². The average Bonchev–Trinajstić information content (AvgIpc) is 3.00. The van der Waals surface area contributed by atoms with Crippen LogP contribution in [0.4, 0.5) is 0 Å². The Morgan fingerprint density at radius 2 is 2.11 bits per heavy atom. The Labute approximate surface area is 109 Å². The lowest BCUT2D eigenvalue weighted by Gasteiger charge is -1.96. The number of esters is 1. The van der Waals surface area contributed by atoms with Gasteiger partial charge in [0.15, 0.2) is 5.69 Å². The number of ether oxygens (including phenoxy) is 1. The number of rotatable bonds is 2. The average molecular weight is 255 g/mol. The fourth-order valence-corrected chi connectivity index (χ4v) is 2.14. The molecule has 1 aromatic carbocycles. The highest BCUT2D eigenvalue weighted by Crippen LogP contribution is 2.24. The zero-order valence-corrected chi connectivity index (χ0v) is 10.7. The van der Waals surface area contributed by atoms with E-state index in [2.05, 4.69) is 14.8 Å². The van der Waals surface area contributed by atoms with Crippen molar-refractivity contribution in [1.29, 1.82) is 0 Å². The fraction of sp³-hybridized carbons (Fsp3) is 0.143. The second-order valence-electron chi connectivity index (χ2n) is 4.30. The zero-order chi connectivity index (χ0) is 13.4. The first kappa shape index (κ1) is 11.5. The van der Waals surface area contributed by atoms with Gasteiger partial charge in [-0.25, -0.2) is 4.79 Å². The van der Waals surface area contributed by atoms with Gasteiger partial charge in [-0.2, -0.15) is 5.10 Å². The number of hydrogen-bond acceptors (Lipinski definition) is 3. The van der Waals surface area contributed by atoms with Crippen molar-refractivity contribution in [3.63, 3.8) is 0 Å². The highest BCUT2D eigenvalue weighted by atomic mass is 16.5. The summed E-state index contributed by atoms with van der Waals surface area (Å²) in [4.78, 5) is 14.8. The van der Waals surface area contributed by atoms with Gasteiger partial charge in [0, 0.05) is 24.0 Å². The minimum Gasteiger partial charge on any atom is -0.464 e. The lowest BCUT2D eigenvalue weighted by molar-refractivity contribution is 0.0593. The first-order valence-corrected chi connectivity index (χ1v) is 5.89. The summed E-state index contributed by atoms with van der Waals surface area (Å²) in [5.74, 6) is -0.432. The van der Waals surface area contributed by atoms with Crippen LogP contribution in [0.3, 0.4) is 0 Å². The highest BCUT2D eigenvalue weighted by Gasteiger charge is 2.15. The molecule has 1 N–H and O–H groups in total. The molecule has 0 aliphatic rings. The van der Waals surface area contributed by atoms with Crippen molar-refractivity contribution in [2.75, 3.05) is 7.11 Å². The smallest absolute Gasteiger partial charge is 0.358 e. The van der Waals surface area contributed by atoms with Crippen LogP contribution >= 0.6 is 0 Å². The monoisotopic (exact) mass is 255 g/mol. The molecule has 0 atom stereocenters. The molecule has 0 saturated carbocycles. The van der Waals surface area contributed by atoms with E-state index in [1.807, 2.05) is 30.3 Å². The van der Waals surface area contributed by atoms with E-state index in [9.17, 15) is 4.79 Å². The molecule has 0 aliphatic heterocycles. The third-order valence-electron chi connectivity index (χ3n) is 3.08. The number of aromatic amines is 1.